The number of anilines is 1. The highest BCUT2D eigenvalue weighted by atomic mass is 19.1. The molecule has 1 heterocycles. The number of ether oxygens (including phenoxy) is 1. The highest BCUT2D eigenvalue weighted by Gasteiger charge is 2.21. The number of rotatable bonds is 5. The zero-order valence-electron chi connectivity index (χ0n) is 10.1. The summed E-state index contributed by atoms with van der Waals surface area (Å²) in [5, 5.41) is 2.82. The maximum Gasteiger partial charge on any atom is 0.328 e. The van der Waals surface area contributed by atoms with Crippen LogP contribution < -0.4 is 5.32 Å². The third kappa shape index (κ3) is 4.34. The maximum absolute atomic E-state index is 12.6. The van der Waals surface area contributed by atoms with Crippen LogP contribution in [0.15, 0.2) is 12.4 Å². The lowest BCUT2D eigenvalue weighted by molar-refractivity contribution is -0.141. The molecule has 1 rings (SSSR count). The summed E-state index contributed by atoms with van der Waals surface area (Å²) in [4.78, 5) is 19.0. The van der Waals surface area contributed by atoms with Gasteiger partial charge < -0.3 is 10.1 Å². The molecule has 0 bridgehead atoms. The molecule has 0 fully saturated rings. The third-order valence-electron chi connectivity index (χ3n) is 2.12. The predicted molar refractivity (Wildman–Crippen MR) is 60.9 cm³/mol. The molecule has 0 spiro atoms. The van der Waals surface area contributed by atoms with E-state index in [-0.39, 0.29) is 11.9 Å². The first-order valence-electron chi connectivity index (χ1n) is 5.34. The van der Waals surface area contributed by atoms with Gasteiger partial charge in [-0.3, -0.25) is 0 Å². The molecule has 0 radical (unpaired) electrons. The Morgan fingerprint density at radius 1 is 1.47 bits per heavy atom. The number of hydrogen-bond acceptors (Lipinski definition) is 5. The van der Waals surface area contributed by atoms with E-state index in [1.54, 1.807) is 0 Å². The van der Waals surface area contributed by atoms with Gasteiger partial charge in [-0.25, -0.2) is 19.2 Å². The Labute approximate surface area is 99.4 Å². The van der Waals surface area contributed by atoms with Crippen molar-refractivity contribution >= 4 is 11.9 Å². The van der Waals surface area contributed by atoms with E-state index in [9.17, 15) is 9.18 Å². The van der Waals surface area contributed by atoms with Crippen LogP contribution in [-0.2, 0) is 9.53 Å². The Balaban J connectivity index is 2.71. The van der Waals surface area contributed by atoms with Gasteiger partial charge in [0, 0.05) is 0 Å². The fraction of sp³-hybridized carbons (Fsp3) is 0.545. The van der Waals surface area contributed by atoms with Crippen LogP contribution in [0.3, 0.4) is 0 Å². The molecule has 5 nitrogen and oxygen atoms in total. The molecule has 1 atom stereocenters. The Kier molecular flexibility index (Phi) is 4.81. The van der Waals surface area contributed by atoms with Crippen LogP contribution in [0.25, 0.3) is 0 Å². The lowest BCUT2D eigenvalue weighted by atomic mass is 10.0. The summed E-state index contributed by atoms with van der Waals surface area (Å²) >= 11 is 0. The minimum atomic E-state index is -0.523. The average molecular weight is 241 g/mol. The number of methoxy groups -OCH3 is 1. The van der Waals surface area contributed by atoms with Crippen LogP contribution in [0, 0.1) is 11.7 Å². The highest BCUT2D eigenvalue weighted by Crippen LogP contribution is 2.10. The van der Waals surface area contributed by atoms with E-state index in [0.29, 0.717) is 12.3 Å². The van der Waals surface area contributed by atoms with Crippen molar-refractivity contribution in [2.45, 2.75) is 26.3 Å². The van der Waals surface area contributed by atoms with E-state index in [1.807, 2.05) is 13.8 Å². The van der Waals surface area contributed by atoms with Crippen molar-refractivity contribution in [3.05, 3.63) is 18.2 Å². The second kappa shape index (κ2) is 6.12. The first-order chi connectivity index (χ1) is 8.02. The lowest BCUT2D eigenvalue weighted by Gasteiger charge is -2.17. The van der Waals surface area contributed by atoms with E-state index >= 15 is 0 Å². The van der Waals surface area contributed by atoms with Crippen molar-refractivity contribution in [2.24, 2.45) is 5.92 Å². The van der Waals surface area contributed by atoms with Gasteiger partial charge in [-0.05, 0) is 12.3 Å². The Morgan fingerprint density at radius 2 is 2.06 bits per heavy atom. The summed E-state index contributed by atoms with van der Waals surface area (Å²) in [7, 11) is 1.32. The zero-order chi connectivity index (χ0) is 12.8. The first kappa shape index (κ1) is 13.3. The normalized spacial score (nSPS) is 12.3. The number of nitrogens with one attached hydrogen (secondary N) is 1. The molecule has 1 aromatic rings. The second-order valence-corrected chi connectivity index (χ2v) is 4.07. The lowest BCUT2D eigenvalue weighted by Crippen LogP contribution is -2.32. The fourth-order valence-electron chi connectivity index (χ4n) is 1.37. The highest BCUT2D eigenvalue weighted by molar-refractivity contribution is 5.78. The minimum Gasteiger partial charge on any atom is -0.467 e. The summed E-state index contributed by atoms with van der Waals surface area (Å²) in [6.45, 7) is 3.98. The average Bonchev–Trinajstić information content (AvgIpc) is 2.29. The van der Waals surface area contributed by atoms with Gasteiger partial charge >= 0.3 is 5.97 Å². The Bertz CT molecular complexity index is 367. The molecular formula is C11H16FN3O2. The van der Waals surface area contributed by atoms with Crippen LogP contribution in [0.2, 0.25) is 0 Å². The van der Waals surface area contributed by atoms with Crippen LogP contribution in [0.5, 0.6) is 0 Å². The number of carbonyl (C=O) groups excluding carboxylic acids is 1. The smallest absolute Gasteiger partial charge is 0.328 e. The summed E-state index contributed by atoms with van der Waals surface area (Å²) in [6.07, 6.45) is 2.67. The van der Waals surface area contributed by atoms with Gasteiger partial charge in [-0.15, -0.1) is 0 Å². The number of aromatic nitrogens is 2. The number of carbonyl (C=O) groups is 1. The van der Waals surface area contributed by atoms with Crippen molar-refractivity contribution in [3.8, 4) is 0 Å². The molecule has 17 heavy (non-hydrogen) atoms. The molecule has 0 amide bonds. The van der Waals surface area contributed by atoms with Crippen molar-refractivity contribution in [1.82, 2.24) is 9.97 Å². The van der Waals surface area contributed by atoms with E-state index < -0.39 is 11.9 Å². The van der Waals surface area contributed by atoms with Gasteiger partial charge in [0.05, 0.1) is 19.5 Å². The summed E-state index contributed by atoms with van der Waals surface area (Å²) in [5.41, 5.74) is 0. The topological polar surface area (TPSA) is 64.1 Å². The molecule has 1 unspecified atom stereocenters. The van der Waals surface area contributed by atoms with Crippen LogP contribution in [0.1, 0.15) is 20.3 Å². The number of hydrogen-bond donors (Lipinski definition) is 1. The third-order valence-corrected chi connectivity index (χ3v) is 2.12. The number of esters is 1. The SMILES string of the molecule is COC(=O)C(CC(C)C)Nc1ncc(F)cn1. The molecule has 94 valence electrons. The molecule has 0 aliphatic heterocycles. The van der Waals surface area contributed by atoms with Crippen molar-refractivity contribution in [3.63, 3.8) is 0 Å². The fourth-order valence-corrected chi connectivity index (χ4v) is 1.37. The molecule has 0 aromatic carbocycles. The Morgan fingerprint density at radius 3 is 2.53 bits per heavy atom. The molecule has 0 saturated carbocycles. The number of halogens is 1. The second-order valence-electron chi connectivity index (χ2n) is 4.07. The van der Waals surface area contributed by atoms with Crippen molar-refractivity contribution < 1.29 is 13.9 Å². The van der Waals surface area contributed by atoms with Crippen molar-refractivity contribution in [2.75, 3.05) is 12.4 Å². The molecule has 1 aromatic heterocycles. The van der Waals surface area contributed by atoms with Gasteiger partial charge in [0.25, 0.3) is 0 Å². The Hall–Kier alpha value is -1.72. The standard InChI is InChI=1S/C11H16FN3O2/c1-7(2)4-9(10(16)17-3)15-11-13-5-8(12)6-14-11/h5-7,9H,4H2,1-3H3,(H,13,14,15). The zero-order valence-corrected chi connectivity index (χ0v) is 10.1. The van der Waals surface area contributed by atoms with Gasteiger partial charge in [-0.2, -0.15) is 0 Å². The molecular weight excluding hydrogens is 225 g/mol. The van der Waals surface area contributed by atoms with Crippen molar-refractivity contribution in [1.29, 1.82) is 0 Å². The van der Waals surface area contributed by atoms with Gasteiger partial charge in [0.15, 0.2) is 5.82 Å². The number of nitrogens with zero attached hydrogens (tertiary/aromatic N) is 2. The van der Waals surface area contributed by atoms with Crippen LogP contribution in [0.4, 0.5) is 10.3 Å². The summed E-state index contributed by atoms with van der Waals surface area (Å²) in [6, 6.07) is -0.523. The molecule has 0 aliphatic rings. The first-order valence-corrected chi connectivity index (χ1v) is 5.34. The quantitative estimate of drug-likeness (QED) is 0.793. The molecule has 0 saturated heterocycles. The summed E-state index contributed by atoms with van der Waals surface area (Å²) < 4.78 is 17.3. The maximum atomic E-state index is 12.6. The summed E-state index contributed by atoms with van der Waals surface area (Å²) in [5.74, 6) is -0.379. The van der Waals surface area contributed by atoms with Gasteiger partial charge in [-0.1, -0.05) is 13.8 Å². The predicted octanol–water partition coefficient (Wildman–Crippen LogP) is 1.62. The van der Waals surface area contributed by atoms with E-state index in [1.165, 1.54) is 7.11 Å². The van der Waals surface area contributed by atoms with Gasteiger partial charge in [0.1, 0.15) is 6.04 Å². The van der Waals surface area contributed by atoms with E-state index in [2.05, 4.69) is 20.0 Å². The van der Waals surface area contributed by atoms with Gasteiger partial charge in [0.2, 0.25) is 5.95 Å². The largest absolute Gasteiger partial charge is 0.467 e. The van der Waals surface area contributed by atoms with E-state index in [4.69, 9.17) is 0 Å². The van der Waals surface area contributed by atoms with Crippen LogP contribution in [-0.4, -0.2) is 29.1 Å². The molecule has 1 N–H and O–H groups in total. The molecule has 6 heteroatoms. The van der Waals surface area contributed by atoms with Crippen LogP contribution >= 0.6 is 0 Å². The van der Waals surface area contributed by atoms with E-state index in [0.717, 1.165) is 12.4 Å². The minimum absolute atomic E-state index is 0.211. The monoisotopic (exact) mass is 241 g/mol. The molecule has 0 aliphatic carbocycles.